The van der Waals surface area contributed by atoms with E-state index in [2.05, 4.69) is 29.3 Å². The van der Waals surface area contributed by atoms with E-state index in [1.54, 1.807) is 6.33 Å². The third-order valence-electron chi connectivity index (χ3n) is 10.9. The van der Waals surface area contributed by atoms with E-state index < -0.39 is 5.60 Å². The Bertz CT molecular complexity index is 1790. The molecule has 264 valence electrons. The molecule has 12 heteroatoms. The van der Waals surface area contributed by atoms with Gasteiger partial charge in [-0.1, -0.05) is 18.2 Å². The van der Waals surface area contributed by atoms with Crippen LogP contribution in [0.15, 0.2) is 60.9 Å². The molecule has 4 aliphatic rings. The van der Waals surface area contributed by atoms with Crippen LogP contribution in [0.25, 0.3) is 22.3 Å². The van der Waals surface area contributed by atoms with Crippen LogP contribution in [0.4, 0.5) is 10.6 Å². The lowest BCUT2D eigenvalue weighted by molar-refractivity contribution is -0.0746. The number of fused-ring (bicyclic) bond motifs is 1. The first kappa shape index (κ1) is 32.9. The van der Waals surface area contributed by atoms with E-state index in [0.717, 1.165) is 112 Å². The van der Waals surface area contributed by atoms with Crippen LogP contribution in [-0.2, 0) is 4.74 Å². The minimum atomic E-state index is -0.457. The molecule has 8 rings (SSSR count). The van der Waals surface area contributed by atoms with Gasteiger partial charge < -0.3 is 15.2 Å². The topological polar surface area (TPSA) is 118 Å². The number of amides is 1. The second kappa shape index (κ2) is 13.5. The SMILES string of the molecule is CC(C)(C)OC(=O)N1CCC1N1CCC(N2CC(N3CCC(n4nc(-c5ccc(Oc6ccccc6)cc5)c5c(N)ncnc54)CC3)C2)CC1. The average Bonchev–Trinajstić information content (AvgIpc) is 3.46. The maximum atomic E-state index is 12.6. The molecule has 2 aromatic heterocycles. The predicted molar refractivity (Wildman–Crippen MR) is 193 cm³/mol. The molecule has 6 heterocycles. The number of nitrogen functional groups attached to an aromatic ring is 1. The molecule has 12 nitrogen and oxygen atoms in total. The van der Waals surface area contributed by atoms with Gasteiger partial charge in [0.1, 0.15) is 34.9 Å². The number of hydrogen-bond donors (Lipinski definition) is 1. The second-order valence-electron chi connectivity index (χ2n) is 15.3. The lowest BCUT2D eigenvalue weighted by Crippen LogP contribution is -2.66. The Labute approximate surface area is 294 Å². The van der Waals surface area contributed by atoms with Crippen molar-refractivity contribution < 1.29 is 14.3 Å². The van der Waals surface area contributed by atoms with Crippen LogP contribution < -0.4 is 10.5 Å². The number of carbonyl (C=O) groups is 1. The first-order valence-electron chi connectivity index (χ1n) is 18.2. The van der Waals surface area contributed by atoms with Crippen molar-refractivity contribution in [1.29, 1.82) is 0 Å². The molecule has 0 radical (unpaired) electrons. The number of rotatable bonds is 7. The summed E-state index contributed by atoms with van der Waals surface area (Å²) in [5.41, 5.74) is 8.55. The molecular formula is C38H49N9O3. The summed E-state index contributed by atoms with van der Waals surface area (Å²) in [6.07, 6.45) is 6.97. The van der Waals surface area contributed by atoms with Crippen molar-refractivity contribution in [1.82, 2.24) is 39.3 Å². The Balaban J connectivity index is 0.845. The predicted octanol–water partition coefficient (Wildman–Crippen LogP) is 5.62. The van der Waals surface area contributed by atoms with Crippen molar-refractivity contribution in [3.05, 3.63) is 60.9 Å². The number of likely N-dealkylation sites (tertiary alicyclic amines) is 4. The van der Waals surface area contributed by atoms with Gasteiger partial charge in [-0.25, -0.2) is 19.4 Å². The minimum Gasteiger partial charge on any atom is -0.457 e. The molecule has 0 bridgehead atoms. The molecule has 50 heavy (non-hydrogen) atoms. The van der Waals surface area contributed by atoms with E-state index in [9.17, 15) is 4.79 Å². The molecule has 1 amide bonds. The number of aromatic nitrogens is 4. The van der Waals surface area contributed by atoms with Crippen molar-refractivity contribution in [2.24, 2.45) is 0 Å². The van der Waals surface area contributed by atoms with Gasteiger partial charge in [0.25, 0.3) is 0 Å². The van der Waals surface area contributed by atoms with E-state index >= 15 is 0 Å². The number of anilines is 1. The molecule has 4 fully saturated rings. The number of benzene rings is 2. The molecule has 4 aliphatic heterocycles. The van der Waals surface area contributed by atoms with Crippen LogP contribution in [0.1, 0.15) is 58.9 Å². The van der Waals surface area contributed by atoms with Crippen molar-refractivity contribution in [3.63, 3.8) is 0 Å². The van der Waals surface area contributed by atoms with Crippen molar-refractivity contribution in [2.75, 3.05) is 51.5 Å². The smallest absolute Gasteiger partial charge is 0.411 e. The first-order chi connectivity index (χ1) is 24.2. The molecule has 1 atom stereocenters. The Hall–Kier alpha value is -4.26. The second-order valence-corrected chi connectivity index (χ2v) is 15.3. The third kappa shape index (κ3) is 6.63. The Morgan fingerprint density at radius 1 is 0.760 bits per heavy atom. The fourth-order valence-electron chi connectivity index (χ4n) is 8.11. The molecule has 4 saturated heterocycles. The summed E-state index contributed by atoms with van der Waals surface area (Å²) in [7, 11) is 0. The zero-order valence-electron chi connectivity index (χ0n) is 29.4. The Morgan fingerprint density at radius 3 is 2.08 bits per heavy atom. The largest absolute Gasteiger partial charge is 0.457 e. The van der Waals surface area contributed by atoms with Gasteiger partial charge in [0, 0.05) is 63.5 Å². The van der Waals surface area contributed by atoms with Crippen LogP contribution >= 0.6 is 0 Å². The maximum absolute atomic E-state index is 12.6. The summed E-state index contributed by atoms with van der Waals surface area (Å²) in [4.78, 5) is 31.4. The van der Waals surface area contributed by atoms with Gasteiger partial charge in [0.05, 0.1) is 17.6 Å². The molecule has 2 N–H and O–H groups in total. The summed E-state index contributed by atoms with van der Waals surface area (Å²) in [6, 6.07) is 19.3. The van der Waals surface area contributed by atoms with Gasteiger partial charge >= 0.3 is 6.09 Å². The number of para-hydroxylation sites is 1. The summed E-state index contributed by atoms with van der Waals surface area (Å²) < 4.78 is 13.7. The van der Waals surface area contributed by atoms with E-state index in [0.29, 0.717) is 17.9 Å². The van der Waals surface area contributed by atoms with Gasteiger partial charge in [0.15, 0.2) is 5.65 Å². The number of nitrogens with zero attached hydrogens (tertiary/aromatic N) is 8. The van der Waals surface area contributed by atoms with Crippen LogP contribution in [0.2, 0.25) is 0 Å². The average molecular weight is 680 g/mol. The molecule has 4 aromatic rings. The lowest BCUT2D eigenvalue weighted by Gasteiger charge is -2.54. The maximum Gasteiger partial charge on any atom is 0.411 e. The van der Waals surface area contributed by atoms with E-state index in [4.69, 9.17) is 20.3 Å². The van der Waals surface area contributed by atoms with Gasteiger partial charge in [-0.2, -0.15) is 5.10 Å². The molecule has 0 aliphatic carbocycles. The van der Waals surface area contributed by atoms with Crippen LogP contribution in [0.5, 0.6) is 11.5 Å². The monoisotopic (exact) mass is 679 g/mol. The van der Waals surface area contributed by atoms with Crippen molar-refractivity contribution in [3.8, 4) is 22.8 Å². The zero-order chi connectivity index (χ0) is 34.4. The Kier molecular flexibility index (Phi) is 8.86. The molecule has 2 aromatic carbocycles. The highest BCUT2D eigenvalue weighted by Gasteiger charge is 2.43. The highest BCUT2D eigenvalue weighted by Crippen LogP contribution is 2.37. The standard InChI is InChI=1S/C38H49N9O3/c1-38(2,3)50-37(48)46-22-17-32(46)44-20-13-27(14-21-44)45-23-29(24-45)43-18-15-28(16-19-43)47-36-33(35(39)40-25-41-36)34(42-47)26-9-11-31(12-10-26)49-30-7-5-4-6-8-30/h4-12,25,27-29,32H,13-24H2,1-3H3,(H2,39,40,41). The number of carbonyl (C=O) groups excluding carboxylic acids is 1. The summed E-state index contributed by atoms with van der Waals surface area (Å²) in [5, 5.41) is 5.94. The van der Waals surface area contributed by atoms with E-state index in [1.807, 2.05) is 80.3 Å². The van der Waals surface area contributed by atoms with E-state index in [-0.39, 0.29) is 18.3 Å². The third-order valence-corrected chi connectivity index (χ3v) is 10.9. The van der Waals surface area contributed by atoms with Crippen LogP contribution in [-0.4, -0.2) is 115 Å². The normalized spacial score (nSPS) is 22.0. The van der Waals surface area contributed by atoms with Crippen LogP contribution in [0.3, 0.4) is 0 Å². The quantitative estimate of drug-likeness (QED) is 0.264. The lowest BCUT2D eigenvalue weighted by atomic mass is 9.94. The first-order valence-corrected chi connectivity index (χ1v) is 18.2. The Morgan fingerprint density at radius 2 is 1.42 bits per heavy atom. The van der Waals surface area contributed by atoms with Crippen molar-refractivity contribution in [2.45, 2.75) is 82.8 Å². The number of hydrogen-bond acceptors (Lipinski definition) is 10. The zero-order valence-corrected chi connectivity index (χ0v) is 29.4. The molecular weight excluding hydrogens is 630 g/mol. The summed E-state index contributed by atoms with van der Waals surface area (Å²) in [5.74, 6) is 2.01. The number of piperidine rings is 2. The summed E-state index contributed by atoms with van der Waals surface area (Å²) >= 11 is 0. The minimum absolute atomic E-state index is 0.177. The van der Waals surface area contributed by atoms with E-state index in [1.165, 1.54) is 0 Å². The van der Waals surface area contributed by atoms with Crippen molar-refractivity contribution >= 4 is 22.9 Å². The highest BCUT2D eigenvalue weighted by molar-refractivity contribution is 5.98. The van der Waals surface area contributed by atoms with Gasteiger partial charge in [-0.3, -0.25) is 19.6 Å². The number of nitrogens with two attached hydrogens (primary N) is 1. The fraction of sp³-hybridized carbons (Fsp3) is 0.526. The number of ether oxygens (including phenoxy) is 2. The van der Waals surface area contributed by atoms with Gasteiger partial charge in [-0.15, -0.1) is 0 Å². The van der Waals surface area contributed by atoms with Gasteiger partial charge in [0.2, 0.25) is 0 Å². The highest BCUT2D eigenvalue weighted by atomic mass is 16.6. The van der Waals surface area contributed by atoms with Crippen LogP contribution in [0, 0.1) is 0 Å². The molecule has 1 unspecified atom stereocenters. The fourth-order valence-corrected chi connectivity index (χ4v) is 8.11. The van der Waals surface area contributed by atoms with Gasteiger partial charge in [-0.05, 0) is 89.3 Å². The molecule has 0 spiro atoms. The summed E-state index contributed by atoms with van der Waals surface area (Å²) in [6.45, 7) is 13.1. The molecule has 0 saturated carbocycles.